The Morgan fingerprint density at radius 1 is 1.27 bits per heavy atom. The molecule has 0 aliphatic heterocycles. The Morgan fingerprint density at radius 2 is 1.95 bits per heavy atom. The highest BCUT2D eigenvalue weighted by Gasteiger charge is 2.23. The van der Waals surface area contributed by atoms with E-state index in [1.807, 2.05) is 26.2 Å². The number of nitriles is 1. The van der Waals surface area contributed by atoms with E-state index in [2.05, 4.69) is 11.4 Å². The molecular weight excluding hydrogens is 339 g/mol. The monoisotopic (exact) mass is 352 g/mol. The maximum Gasteiger partial charge on any atom is 0.256 e. The van der Waals surface area contributed by atoms with Gasteiger partial charge in [0.05, 0.1) is 15.6 Å². The van der Waals surface area contributed by atoms with E-state index in [1.165, 1.54) is 17.4 Å². The molecular formula is C16H14Cl2N2OS. The Labute approximate surface area is 143 Å². The Hall–Kier alpha value is -1.54. The number of benzene rings is 1. The van der Waals surface area contributed by atoms with Crippen LogP contribution in [0, 0.1) is 11.3 Å². The van der Waals surface area contributed by atoms with Gasteiger partial charge in [-0.25, -0.2) is 0 Å². The standard InChI is InChI=1S/C16H14Cl2N2OS/c1-16(2,3)11-8-22-15(10(11)7-19)20-14(21)9-4-5-12(17)13(18)6-9/h4-6,8H,1-3H3,(H,20,21). The van der Waals surface area contributed by atoms with E-state index in [0.29, 0.717) is 26.2 Å². The van der Waals surface area contributed by atoms with E-state index in [4.69, 9.17) is 23.2 Å². The van der Waals surface area contributed by atoms with E-state index < -0.39 is 0 Å². The van der Waals surface area contributed by atoms with Crippen LogP contribution in [0.2, 0.25) is 10.0 Å². The average Bonchev–Trinajstić information content (AvgIpc) is 2.84. The van der Waals surface area contributed by atoms with Crippen molar-refractivity contribution in [3.63, 3.8) is 0 Å². The van der Waals surface area contributed by atoms with Crippen LogP contribution < -0.4 is 5.32 Å². The number of rotatable bonds is 2. The molecule has 0 saturated heterocycles. The van der Waals surface area contributed by atoms with Crippen molar-refractivity contribution in [2.24, 2.45) is 0 Å². The molecule has 114 valence electrons. The average molecular weight is 353 g/mol. The largest absolute Gasteiger partial charge is 0.312 e. The Kier molecular flexibility index (Phi) is 4.81. The first kappa shape index (κ1) is 16.8. The van der Waals surface area contributed by atoms with Crippen molar-refractivity contribution in [1.82, 2.24) is 0 Å². The summed E-state index contributed by atoms with van der Waals surface area (Å²) in [5, 5.41) is 15.3. The summed E-state index contributed by atoms with van der Waals surface area (Å²) in [5.41, 5.74) is 1.66. The highest BCUT2D eigenvalue weighted by Crippen LogP contribution is 2.35. The number of carbonyl (C=O) groups excluding carboxylic acids is 1. The number of amides is 1. The molecule has 0 aliphatic rings. The summed E-state index contributed by atoms with van der Waals surface area (Å²) in [6, 6.07) is 6.84. The van der Waals surface area contributed by atoms with Crippen LogP contribution in [-0.2, 0) is 5.41 Å². The summed E-state index contributed by atoms with van der Waals surface area (Å²) in [7, 11) is 0. The molecule has 3 nitrogen and oxygen atoms in total. The van der Waals surface area contributed by atoms with E-state index in [0.717, 1.165) is 5.56 Å². The predicted molar refractivity (Wildman–Crippen MR) is 92.1 cm³/mol. The minimum Gasteiger partial charge on any atom is -0.312 e. The number of thiophene rings is 1. The van der Waals surface area contributed by atoms with Crippen molar-refractivity contribution < 1.29 is 4.79 Å². The Bertz CT molecular complexity index is 769. The van der Waals surface area contributed by atoms with Crippen LogP contribution in [0.4, 0.5) is 5.00 Å². The lowest BCUT2D eigenvalue weighted by Gasteiger charge is -2.17. The first-order valence-electron chi connectivity index (χ1n) is 6.52. The molecule has 0 saturated carbocycles. The highest BCUT2D eigenvalue weighted by atomic mass is 35.5. The molecule has 0 radical (unpaired) electrons. The summed E-state index contributed by atoms with van der Waals surface area (Å²) >= 11 is 13.1. The zero-order chi connectivity index (χ0) is 16.5. The molecule has 1 heterocycles. The topological polar surface area (TPSA) is 52.9 Å². The van der Waals surface area contributed by atoms with Crippen molar-refractivity contribution in [2.45, 2.75) is 26.2 Å². The number of nitrogens with one attached hydrogen (secondary N) is 1. The molecule has 2 aromatic rings. The van der Waals surface area contributed by atoms with E-state index in [-0.39, 0.29) is 11.3 Å². The lowest BCUT2D eigenvalue weighted by atomic mass is 9.86. The predicted octanol–water partition coefficient (Wildman–Crippen LogP) is 5.48. The SMILES string of the molecule is CC(C)(C)c1csc(NC(=O)c2ccc(Cl)c(Cl)c2)c1C#N. The molecule has 1 N–H and O–H groups in total. The molecule has 0 bridgehead atoms. The van der Waals surface area contributed by atoms with Crippen molar-refractivity contribution in [3.8, 4) is 6.07 Å². The lowest BCUT2D eigenvalue weighted by molar-refractivity contribution is 0.102. The number of hydrogen-bond acceptors (Lipinski definition) is 3. The van der Waals surface area contributed by atoms with Crippen LogP contribution >= 0.6 is 34.5 Å². The van der Waals surface area contributed by atoms with Gasteiger partial charge in [0, 0.05) is 5.56 Å². The summed E-state index contributed by atoms with van der Waals surface area (Å²) in [4.78, 5) is 12.3. The second-order valence-corrected chi connectivity index (χ2v) is 7.49. The molecule has 0 aliphatic carbocycles. The molecule has 0 unspecified atom stereocenters. The zero-order valence-electron chi connectivity index (χ0n) is 12.3. The van der Waals surface area contributed by atoms with Gasteiger partial charge in [0.2, 0.25) is 0 Å². The first-order chi connectivity index (χ1) is 10.2. The quantitative estimate of drug-likeness (QED) is 0.778. The Balaban J connectivity index is 2.31. The minimum absolute atomic E-state index is 0.159. The number of nitrogens with zero attached hydrogens (tertiary/aromatic N) is 1. The molecule has 22 heavy (non-hydrogen) atoms. The maximum atomic E-state index is 12.3. The normalized spacial score (nSPS) is 11.1. The fraction of sp³-hybridized carbons (Fsp3) is 0.250. The molecule has 1 aromatic heterocycles. The van der Waals surface area contributed by atoms with Gasteiger partial charge in [0.15, 0.2) is 0 Å². The fourth-order valence-corrected chi connectivity index (χ4v) is 3.36. The molecule has 2 rings (SSSR count). The van der Waals surface area contributed by atoms with Gasteiger partial charge < -0.3 is 5.32 Å². The number of carbonyl (C=O) groups is 1. The van der Waals surface area contributed by atoms with Gasteiger partial charge in [-0.05, 0) is 34.6 Å². The fourth-order valence-electron chi connectivity index (χ4n) is 1.93. The van der Waals surface area contributed by atoms with Gasteiger partial charge in [-0.2, -0.15) is 5.26 Å². The van der Waals surface area contributed by atoms with Crippen LogP contribution in [0.25, 0.3) is 0 Å². The van der Waals surface area contributed by atoms with E-state index >= 15 is 0 Å². The Morgan fingerprint density at radius 3 is 2.50 bits per heavy atom. The minimum atomic E-state index is -0.322. The van der Waals surface area contributed by atoms with Gasteiger partial charge in [0.1, 0.15) is 11.1 Å². The second kappa shape index (κ2) is 6.29. The van der Waals surface area contributed by atoms with Crippen molar-refractivity contribution in [1.29, 1.82) is 5.26 Å². The third-order valence-electron chi connectivity index (χ3n) is 3.12. The lowest BCUT2D eigenvalue weighted by Crippen LogP contribution is -2.14. The highest BCUT2D eigenvalue weighted by molar-refractivity contribution is 7.14. The number of halogens is 2. The first-order valence-corrected chi connectivity index (χ1v) is 8.16. The second-order valence-electron chi connectivity index (χ2n) is 5.80. The van der Waals surface area contributed by atoms with E-state index in [1.54, 1.807) is 12.1 Å². The molecule has 0 spiro atoms. The summed E-state index contributed by atoms with van der Waals surface area (Å²) in [6.07, 6.45) is 0. The van der Waals surface area contributed by atoms with Crippen LogP contribution in [0.5, 0.6) is 0 Å². The van der Waals surface area contributed by atoms with Gasteiger partial charge >= 0.3 is 0 Å². The molecule has 6 heteroatoms. The zero-order valence-corrected chi connectivity index (χ0v) is 14.7. The van der Waals surface area contributed by atoms with Gasteiger partial charge in [0.25, 0.3) is 5.91 Å². The third kappa shape index (κ3) is 3.44. The molecule has 0 atom stereocenters. The summed E-state index contributed by atoms with van der Waals surface area (Å²) in [6.45, 7) is 6.08. The smallest absolute Gasteiger partial charge is 0.256 e. The van der Waals surface area contributed by atoms with Gasteiger partial charge in [-0.1, -0.05) is 44.0 Å². The van der Waals surface area contributed by atoms with Crippen molar-refractivity contribution >= 4 is 45.4 Å². The van der Waals surface area contributed by atoms with Crippen LogP contribution in [0.15, 0.2) is 23.6 Å². The third-order valence-corrected chi connectivity index (χ3v) is 4.75. The maximum absolute atomic E-state index is 12.3. The number of anilines is 1. The van der Waals surface area contributed by atoms with Crippen LogP contribution in [0.1, 0.15) is 42.3 Å². The molecule has 1 aromatic carbocycles. The molecule has 0 fully saturated rings. The number of hydrogen-bond donors (Lipinski definition) is 1. The van der Waals surface area contributed by atoms with Crippen molar-refractivity contribution in [2.75, 3.05) is 5.32 Å². The molecule has 1 amide bonds. The van der Waals surface area contributed by atoms with Crippen LogP contribution in [-0.4, -0.2) is 5.91 Å². The summed E-state index contributed by atoms with van der Waals surface area (Å²) < 4.78 is 0. The summed E-state index contributed by atoms with van der Waals surface area (Å²) in [5.74, 6) is -0.322. The van der Waals surface area contributed by atoms with Gasteiger partial charge in [-0.3, -0.25) is 4.79 Å². The van der Waals surface area contributed by atoms with Crippen LogP contribution in [0.3, 0.4) is 0 Å². The van der Waals surface area contributed by atoms with Crippen molar-refractivity contribution in [3.05, 3.63) is 50.3 Å². The van der Waals surface area contributed by atoms with Gasteiger partial charge in [-0.15, -0.1) is 11.3 Å². The van der Waals surface area contributed by atoms with E-state index in [9.17, 15) is 10.1 Å².